The van der Waals surface area contributed by atoms with Crippen molar-refractivity contribution in [3.63, 3.8) is 0 Å². The number of aryl methyl sites for hydroxylation is 2. The number of aromatic nitrogens is 3. The van der Waals surface area contributed by atoms with Crippen molar-refractivity contribution < 1.29 is 19.2 Å². The lowest BCUT2D eigenvalue weighted by molar-refractivity contribution is -0.137. The highest BCUT2D eigenvalue weighted by Crippen LogP contribution is 2.40. The molecule has 5 aliphatic heterocycles. The standard InChI is InChI=1S/C44H50ClN9O4S/c1-26-27(2)59-44-39(26)40(30-6-8-32(45)9-7-30)46-35(41-49-48-28(3)54(41)44)24-38(56)52-21-19-50(20-22-52)16-4-5-29-14-17-51(18-15-29)33-10-11-34-31(23-33)25-53(43(34)58)36-12-13-37(55)47-42(36)57/h6-11,23,29,35-36H,4-5,12-22,24-25H2,1-3H3,(H,47,55,57)/t35-,36?/m0/s1. The minimum Gasteiger partial charge on any atom is -0.372 e. The molecular weight excluding hydrogens is 786 g/mol. The Labute approximate surface area is 353 Å². The van der Waals surface area contributed by atoms with Gasteiger partial charge in [-0.05, 0) is 107 Å². The van der Waals surface area contributed by atoms with Gasteiger partial charge in [-0.3, -0.25) is 39.0 Å². The summed E-state index contributed by atoms with van der Waals surface area (Å²) in [6, 6.07) is 12.7. The van der Waals surface area contributed by atoms with Gasteiger partial charge in [0.05, 0.1) is 12.1 Å². The molecule has 5 aliphatic rings. The van der Waals surface area contributed by atoms with Crippen LogP contribution in [0.25, 0.3) is 5.00 Å². The molecule has 59 heavy (non-hydrogen) atoms. The normalized spacial score (nSPS) is 21.3. The van der Waals surface area contributed by atoms with E-state index in [2.05, 4.69) is 49.8 Å². The Morgan fingerprint density at radius 1 is 0.932 bits per heavy atom. The number of halogens is 1. The molecule has 3 saturated heterocycles. The summed E-state index contributed by atoms with van der Waals surface area (Å²) in [7, 11) is 0. The Bertz CT molecular complexity index is 2340. The number of aliphatic imine (C=N–C) groups is 1. The fourth-order valence-corrected chi connectivity index (χ4v) is 10.8. The molecule has 0 spiro atoms. The number of thiophene rings is 1. The number of amides is 4. The van der Waals surface area contributed by atoms with Gasteiger partial charge in [0, 0.05) is 84.5 Å². The summed E-state index contributed by atoms with van der Waals surface area (Å²) in [4.78, 5) is 66.2. The minimum absolute atomic E-state index is 0.0904. The zero-order valence-corrected chi connectivity index (χ0v) is 35.4. The van der Waals surface area contributed by atoms with Crippen LogP contribution >= 0.6 is 22.9 Å². The van der Waals surface area contributed by atoms with Crippen LogP contribution in [0, 0.1) is 26.7 Å². The van der Waals surface area contributed by atoms with Gasteiger partial charge in [0.15, 0.2) is 5.82 Å². The van der Waals surface area contributed by atoms with E-state index >= 15 is 0 Å². The number of nitrogens with zero attached hydrogens (tertiary/aromatic N) is 8. The Hall–Kier alpha value is -4.92. The van der Waals surface area contributed by atoms with Gasteiger partial charge in [-0.1, -0.05) is 23.7 Å². The molecule has 308 valence electrons. The van der Waals surface area contributed by atoms with Gasteiger partial charge < -0.3 is 14.7 Å². The van der Waals surface area contributed by atoms with E-state index in [0.29, 0.717) is 48.4 Å². The summed E-state index contributed by atoms with van der Waals surface area (Å²) in [5.74, 6) is 1.46. The Kier molecular flexibility index (Phi) is 10.9. The number of fused-ring (bicyclic) bond motifs is 4. The fraction of sp³-hybridized carbons (Fsp3) is 0.477. The summed E-state index contributed by atoms with van der Waals surface area (Å²) >= 11 is 7.99. The van der Waals surface area contributed by atoms with E-state index in [1.165, 1.54) is 16.9 Å². The largest absolute Gasteiger partial charge is 0.372 e. The lowest BCUT2D eigenvalue weighted by Gasteiger charge is -2.36. The van der Waals surface area contributed by atoms with Crippen molar-refractivity contribution in [2.45, 2.75) is 84.3 Å². The molecule has 2 aromatic carbocycles. The monoisotopic (exact) mass is 835 g/mol. The number of anilines is 1. The molecule has 0 aliphatic carbocycles. The number of hydrogen-bond donors (Lipinski definition) is 1. The predicted molar refractivity (Wildman–Crippen MR) is 228 cm³/mol. The summed E-state index contributed by atoms with van der Waals surface area (Å²) < 4.78 is 2.10. The smallest absolute Gasteiger partial charge is 0.255 e. The van der Waals surface area contributed by atoms with E-state index in [1.807, 2.05) is 48.2 Å². The van der Waals surface area contributed by atoms with Crippen molar-refractivity contribution in [1.82, 2.24) is 34.8 Å². The number of carbonyl (C=O) groups excluding carboxylic acids is 4. The first-order valence-corrected chi connectivity index (χ1v) is 22.1. The predicted octanol–water partition coefficient (Wildman–Crippen LogP) is 5.79. The van der Waals surface area contributed by atoms with Crippen molar-refractivity contribution in [2.24, 2.45) is 10.9 Å². The van der Waals surface area contributed by atoms with Gasteiger partial charge in [-0.15, -0.1) is 21.5 Å². The summed E-state index contributed by atoms with van der Waals surface area (Å²) in [6.45, 7) is 12.7. The van der Waals surface area contributed by atoms with Crippen LogP contribution in [0.2, 0.25) is 5.02 Å². The second-order valence-corrected chi connectivity index (χ2v) is 18.3. The molecule has 7 heterocycles. The molecule has 0 radical (unpaired) electrons. The van der Waals surface area contributed by atoms with Gasteiger partial charge in [-0.2, -0.15) is 0 Å². The number of rotatable bonds is 9. The van der Waals surface area contributed by atoms with Gasteiger partial charge >= 0.3 is 0 Å². The average molecular weight is 836 g/mol. The number of carbonyl (C=O) groups is 4. The molecule has 13 nitrogen and oxygen atoms in total. The first-order chi connectivity index (χ1) is 28.5. The van der Waals surface area contributed by atoms with Crippen LogP contribution < -0.4 is 10.2 Å². The number of piperidine rings is 2. The van der Waals surface area contributed by atoms with Crippen LogP contribution in [-0.2, 0) is 20.9 Å². The van der Waals surface area contributed by atoms with Gasteiger partial charge in [0.25, 0.3) is 5.91 Å². The van der Waals surface area contributed by atoms with E-state index in [-0.39, 0.29) is 36.5 Å². The van der Waals surface area contributed by atoms with Crippen molar-refractivity contribution in [1.29, 1.82) is 0 Å². The first-order valence-electron chi connectivity index (χ1n) is 20.9. The van der Waals surface area contributed by atoms with Crippen molar-refractivity contribution >= 4 is 58.0 Å². The Balaban J connectivity index is 0.758. The third-order valence-electron chi connectivity index (χ3n) is 13.0. The van der Waals surface area contributed by atoms with E-state index in [4.69, 9.17) is 16.6 Å². The SMILES string of the molecule is Cc1sc2c(c1C)C(c1ccc(Cl)cc1)=N[C@@H](CC(=O)N1CCN(CCCC3CCN(c4ccc5c(c4)CN(C4CCC(=O)NC4=O)C5=O)CC3)CC1)c1nnc(C)n1-2. The molecule has 4 aromatic rings. The third kappa shape index (κ3) is 7.70. The number of imide groups is 1. The molecule has 0 bridgehead atoms. The first kappa shape index (κ1) is 39.5. The lowest BCUT2D eigenvalue weighted by Crippen LogP contribution is -2.52. The van der Waals surface area contributed by atoms with Crippen LogP contribution in [0.15, 0.2) is 47.5 Å². The molecule has 1 unspecified atom stereocenters. The summed E-state index contributed by atoms with van der Waals surface area (Å²) in [6.07, 6.45) is 5.43. The van der Waals surface area contributed by atoms with Crippen LogP contribution in [-0.4, -0.2) is 111 Å². The van der Waals surface area contributed by atoms with Crippen LogP contribution in [0.3, 0.4) is 0 Å². The van der Waals surface area contributed by atoms with E-state index in [9.17, 15) is 19.2 Å². The van der Waals surface area contributed by atoms with Gasteiger partial charge in [-0.25, -0.2) is 0 Å². The zero-order chi connectivity index (χ0) is 40.9. The molecular formula is C44H50ClN9O4S. The van der Waals surface area contributed by atoms with Crippen molar-refractivity contribution in [3.05, 3.63) is 91.8 Å². The number of hydrogen-bond acceptors (Lipinski definition) is 10. The van der Waals surface area contributed by atoms with Crippen molar-refractivity contribution in [3.8, 4) is 5.00 Å². The molecule has 3 fully saturated rings. The summed E-state index contributed by atoms with van der Waals surface area (Å²) in [5, 5.41) is 13.1. The Morgan fingerprint density at radius 2 is 1.69 bits per heavy atom. The highest BCUT2D eigenvalue weighted by Gasteiger charge is 2.40. The molecule has 2 aromatic heterocycles. The fourth-order valence-electron chi connectivity index (χ4n) is 9.49. The van der Waals surface area contributed by atoms with Gasteiger partial charge in [0.2, 0.25) is 17.7 Å². The number of benzene rings is 2. The maximum Gasteiger partial charge on any atom is 0.255 e. The average Bonchev–Trinajstić information content (AvgIpc) is 3.84. The summed E-state index contributed by atoms with van der Waals surface area (Å²) in [5.41, 5.74) is 6.78. The quantitative estimate of drug-likeness (QED) is 0.210. The van der Waals surface area contributed by atoms with E-state index in [0.717, 1.165) is 90.9 Å². The third-order valence-corrected chi connectivity index (χ3v) is 14.5. The molecule has 1 N–H and O–H groups in total. The molecule has 15 heteroatoms. The van der Waals surface area contributed by atoms with Crippen LogP contribution in [0.5, 0.6) is 0 Å². The molecule has 0 saturated carbocycles. The topological polar surface area (TPSA) is 136 Å². The maximum atomic E-state index is 14.0. The van der Waals surface area contributed by atoms with Crippen LogP contribution in [0.1, 0.15) is 100 Å². The second-order valence-electron chi connectivity index (χ2n) is 16.6. The highest BCUT2D eigenvalue weighted by molar-refractivity contribution is 7.15. The highest BCUT2D eigenvalue weighted by atomic mass is 35.5. The minimum atomic E-state index is -0.598. The van der Waals surface area contributed by atoms with Crippen LogP contribution in [0.4, 0.5) is 5.69 Å². The zero-order valence-electron chi connectivity index (χ0n) is 33.9. The van der Waals surface area contributed by atoms with E-state index < -0.39 is 12.1 Å². The molecule has 2 atom stereocenters. The van der Waals surface area contributed by atoms with E-state index in [1.54, 1.807) is 16.2 Å². The number of nitrogens with one attached hydrogen (secondary N) is 1. The van der Waals surface area contributed by atoms with Gasteiger partial charge in [0.1, 0.15) is 22.9 Å². The molecule has 4 amide bonds. The van der Waals surface area contributed by atoms with Crippen molar-refractivity contribution in [2.75, 3.05) is 50.7 Å². The second kappa shape index (κ2) is 16.3. The molecule has 9 rings (SSSR count). The maximum absolute atomic E-state index is 14.0. The Morgan fingerprint density at radius 3 is 2.44 bits per heavy atom. The number of piperazine rings is 1. The lowest BCUT2D eigenvalue weighted by atomic mass is 9.91.